The first-order chi connectivity index (χ1) is 11.5. The van der Waals surface area contributed by atoms with E-state index in [0.717, 1.165) is 34.8 Å². The number of fused-ring (bicyclic) bond motifs is 1. The van der Waals surface area contributed by atoms with Gasteiger partial charge in [0, 0.05) is 29.1 Å². The van der Waals surface area contributed by atoms with Crippen molar-refractivity contribution in [3.05, 3.63) is 42.0 Å². The average Bonchev–Trinajstić information content (AvgIpc) is 3.15. The van der Waals surface area contributed by atoms with Crippen LogP contribution in [0.4, 0.5) is 0 Å². The standard InChI is InChI=1S/C20H27N3O.CH4/c1-6-13(2)11-18(23(4)5)20-22-14(3)19(24-20)16-12-21-17-10-8-7-9-15(16)17;/h7-10,12-13,18,21H,6,11H2,1-5H3;1H4/p+1/t13-,18-;/m0./s1. The summed E-state index contributed by atoms with van der Waals surface area (Å²) in [7, 11) is 4.36. The van der Waals surface area contributed by atoms with Gasteiger partial charge < -0.3 is 14.3 Å². The lowest BCUT2D eigenvalue weighted by atomic mass is 9.99. The first-order valence-corrected chi connectivity index (χ1v) is 8.85. The Hall–Kier alpha value is -2.07. The topological polar surface area (TPSA) is 46.3 Å². The Labute approximate surface area is 151 Å². The van der Waals surface area contributed by atoms with Gasteiger partial charge in [-0.3, -0.25) is 0 Å². The molecule has 0 fully saturated rings. The third-order valence-corrected chi connectivity index (χ3v) is 4.98. The molecule has 0 radical (unpaired) electrons. The second kappa shape index (κ2) is 7.87. The van der Waals surface area contributed by atoms with Crippen molar-refractivity contribution < 1.29 is 9.32 Å². The Morgan fingerprint density at radius 2 is 1.96 bits per heavy atom. The Morgan fingerprint density at radius 1 is 1.24 bits per heavy atom. The van der Waals surface area contributed by atoms with Crippen LogP contribution in [0.2, 0.25) is 0 Å². The first kappa shape index (κ1) is 19.3. The maximum Gasteiger partial charge on any atom is 0.254 e. The number of aromatic nitrogens is 2. The molecule has 2 atom stereocenters. The second-order valence-electron chi connectivity index (χ2n) is 7.09. The molecule has 0 spiro atoms. The molecule has 0 unspecified atom stereocenters. The van der Waals surface area contributed by atoms with Crippen LogP contribution in [0.5, 0.6) is 0 Å². The van der Waals surface area contributed by atoms with Crippen LogP contribution in [0.3, 0.4) is 0 Å². The minimum absolute atomic E-state index is 0. The van der Waals surface area contributed by atoms with E-state index in [0.29, 0.717) is 5.92 Å². The molecule has 0 aliphatic heterocycles. The summed E-state index contributed by atoms with van der Waals surface area (Å²) in [6, 6.07) is 8.59. The molecular weight excluding hydrogens is 310 g/mol. The predicted octanol–water partition coefficient (Wildman–Crippen LogP) is 4.39. The van der Waals surface area contributed by atoms with Gasteiger partial charge in [-0.25, -0.2) is 4.98 Å². The molecule has 0 amide bonds. The number of hydrogen-bond acceptors (Lipinski definition) is 2. The van der Waals surface area contributed by atoms with E-state index in [1.54, 1.807) is 0 Å². The maximum absolute atomic E-state index is 6.28. The second-order valence-corrected chi connectivity index (χ2v) is 7.09. The van der Waals surface area contributed by atoms with Crippen LogP contribution in [-0.2, 0) is 0 Å². The zero-order valence-corrected chi connectivity index (χ0v) is 15.3. The van der Waals surface area contributed by atoms with E-state index in [1.165, 1.54) is 16.7 Å². The van der Waals surface area contributed by atoms with Crippen molar-refractivity contribution in [2.45, 2.75) is 47.1 Å². The fraction of sp³-hybridized carbons (Fsp3) is 0.476. The first-order valence-electron chi connectivity index (χ1n) is 8.85. The van der Waals surface area contributed by atoms with Crippen LogP contribution in [-0.4, -0.2) is 24.1 Å². The Balaban J connectivity index is 0.00000225. The molecule has 136 valence electrons. The molecule has 3 aromatic rings. The monoisotopic (exact) mass is 342 g/mol. The van der Waals surface area contributed by atoms with Crippen molar-refractivity contribution in [2.75, 3.05) is 14.1 Å². The summed E-state index contributed by atoms with van der Waals surface area (Å²) in [6.07, 6.45) is 4.29. The zero-order chi connectivity index (χ0) is 17.3. The number of quaternary nitrogens is 1. The molecule has 25 heavy (non-hydrogen) atoms. The molecule has 4 heteroatoms. The third-order valence-electron chi connectivity index (χ3n) is 4.98. The number of nitrogens with one attached hydrogen (secondary N) is 2. The summed E-state index contributed by atoms with van der Waals surface area (Å²) >= 11 is 0. The van der Waals surface area contributed by atoms with Crippen molar-refractivity contribution in [3.8, 4) is 11.3 Å². The quantitative estimate of drug-likeness (QED) is 0.698. The van der Waals surface area contributed by atoms with E-state index < -0.39 is 0 Å². The minimum Gasteiger partial charge on any atom is -0.435 e. The molecule has 2 N–H and O–H groups in total. The van der Waals surface area contributed by atoms with Crippen LogP contribution in [0.25, 0.3) is 22.2 Å². The average molecular weight is 343 g/mol. The third kappa shape index (κ3) is 3.79. The summed E-state index contributed by atoms with van der Waals surface area (Å²) in [6.45, 7) is 6.58. The molecule has 2 aromatic heterocycles. The van der Waals surface area contributed by atoms with Gasteiger partial charge in [-0.05, 0) is 18.9 Å². The van der Waals surface area contributed by atoms with Gasteiger partial charge in [0.2, 0.25) is 0 Å². The van der Waals surface area contributed by atoms with Gasteiger partial charge in [0.05, 0.1) is 19.8 Å². The van der Waals surface area contributed by atoms with Gasteiger partial charge in [-0.15, -0.1) is 0 Å². The van der Waals surface area contributed by atoms with Crippen LogP contribution >= 0.6 is 0 Å². The molecule has 1 aromatic carbocycles. The van der Waals surface area contributed by atoms with Crippen LogP contribution in [0.1, 0.15) is 51.7 Å². The highest BCUT2D eigenvalue weighted by Crippen LogP contribution is 2.33. The summed E-state index contributed by atoms with van der Waals surface area (Å²) in [5.41, 5.74) is 3.18. The van der Waals surface area contributed by atoms with E-state index in [9.17, 15) is 0 Å². The number of H-pyrrole nitrogens is 1. The Morgan fingerprint density at radius 3 is 2.64 bits per heavy atom. The van der Waals surface area contributed by atoms with Crippen LogP contribution < -0.4 is 4.90 Å². The van der Waals surface area contributed by atoms with Crippen molar-refractivity contribution in [1.29, 1.82) is 0 Å². The van der Waals surface area contributed by atoms with E-state index in [1.807, 2.05) is 19.2 Å². The van der Waals surface area contributed by atoms with Crippen LogP contribution in [0, 0.1) is 12.8 Å². The van der Waals surface area contributed by atoms with Crippen molar-refractivity contribution in [2.24, 2.45) is 5.92 Å². The number of aromatic amines is 1. The van der Waals surface area contributed by atoms with Gasteiger partial charge in [-0.1, -0.05) is 45.9 Å². The van der Waals surface area contributed by atoms with Gasteiger partial charge in [0.1, 0.15) is 0 Å². The zero-order valence-electron chi connectivity index (χ0n) is 15.3. The molecule has 4 nitrogen and oxygen atoms in total. The number of aryl methyl sites for hydroxylation is 1. The highest BCUT2D eigenvalue weighted by Gasteiger charge is 2.27. The lowest BCUT2D eigenvalue weighted by Gasteiger charge is -2.21. The fourth-order valence-electron chi connectivity index (χ4n) is 3.23. The van der Waals surface area contributed by atoms with Gasteiger partial charge >= 0.3 is 0 Å². The van der Waals surface area contributed by atoms with Crippen molar-refractivity contribution in [3.63, 3.8) is 0 Å². The summed E-state index contributed by atoms with van der Waals surface area (Å²) < 4.78 is 6.28. The van der Waals surface area contributed by atoms with Gasteiger partial charge in [0.25, 0.3) is 5.89 Å². The maximum atomic E-state index is 6.28. The van der Waals surface area contributed by atoms with E-state index in [4.69, 9.17) is 9.40 Å². The number of nitrogens with zero attached hydrogens (tertiary/aromatic N) is 1. The summed E-state index contributed by atoms with van der Waals surface area (Å²) in [4.78, 5) is 9.47. The smallest absolute Gasteiger partial charge is 0.254 e. The number of hydrogen-bond donors (Lipinski definition) is 2. The van der Waals surface area contributed by atoms with E-state index in [2.05, 4.69) is 51.1 Å². The van der Waals surface area contributed by atoms with E-state index in [-0.39, 0.29) is 13.5 Å². The molecule has 0 saturated heterocycles. The SMILES string of the molecule is C.CC[C@H](C)C[C@@H](c1nc(C)c(-c2c[nH]c3ccccc23)o1)[NH+](C)C. The summed E-state index contributed by atoms with van der Waals surface area (Å²) in [5, 5.41) is 1.18. The lowest BCUT2D eigenvalue weighted by Crippen LogP contribution is -3.06. The molecule has 0 saturated carbocycles. The molecule has 2 heterocycles. The fourth-order valence-corrected chi connectivity index (χ4v) is 3.23. The highest BCUT2D eigenvalue weighted by molar-refractivity contribution is 5.94. The number of oxazole rings is 1. The van der Waals surface area contributed by atoms with Crippen LogP contribution in [0.15, 0.2) is 34.9 Å². The lowest BCUT2D eigenvalue weighted by molar-refractivity contribution is -0.894. The van der Waals surface area contributed by atoms with Crippen molar-refractivity contribution >= 4 is 10.9 Å². The van der Waals surface area contributed by atoms with Crippen molar-refractivity contribution in [1.82, 2.24) is 9.97 Å². The largest absolute Gasteiger partial charge is 0.435 e. The normalized spacial score (nSPS) is 13.8. The molecule has 3 rings (SSSR count). The molecule has 0 aliphatic carbocycles. The highest BCUT2D eigenvalue weighted by atomic mass is 16.4. The Bertz CT molecular complexity index is 816. The molecular formula is C21H32N3O+. The number of rotatable bonds is 6. The number of benzene rings is 1. The van der Waals surface area contributed by atoms with E-state index >= 15 is 0 Å². The molecule has 0 aliphatic rings. The minimum atomic E-state index is 0. The number of para-hydroxylation sites is 1. The molecule has 0 bridgehead atoms. The Kier molecular flexibility index (Phi) is 6.07. The summed E-state index contributed by atoms with van der Waals surface area (Å²) in [5.74, 6) is 2.40. The van der Waals surface area contributed by atoms with Gasteiger partial charge in [0.15, 0.2) is 11.8 Å². The van der Waals surface area contributed by atoms with Gasteiger partial charge in [-0.2, -0.15) is 0 Å². The predicted molar refractivity (Wildman–Crippen MR) is 105 cm³/mol.